The Morgan fingerprint density at radius 3 is 2.72 bits per heavy atom. The average molecular weight is 272 g/mol. The smallest absolute Gasteiger partial charge is 0.325 e. The number of carbonyl (C=O) groups is 1. The van der Waals surface area contributed by atoms with E-state index in [4.69, 9.17) is 11.6 Å². The Morgan fingerprint density at radius 2 is 2.17 bits per heavy atom. The van der Waals surface area contributed by atoms with Crippen molar-refractivity contribution < 1.29 is 15.0 Å². The maximum absolute atomic E-state index is 11.4. The SMILES string of the molecule is CCCCN(C)C(C(=O)O)c1cc(Cl)ccc1O. The first-order chi connectivity index (χ1) is 8.47. The summed E-state index contributed by atoms with van der Waals surface area (Å²) in [6, 6.07) is 3.57. The summed E-state index contributed by atoms with van der Waals surface area (Å²) in [5, 5.41) is 19.5. The molecule has 0 aliphatic carbocycles. The van der Waals surface area contributed by atoms with Gasteiger partial charge in [0.2, 0.25) is 0 Å². The standard InChI is InChI=1S/C13H18ClNO3/c1-3-4-7-15(2)12(13(17)18)10-8-9(14)5-6-11(10)16/h5-6,8,12,16H,3-4,7H2,1-2H3,(H,17,18). The van der Waals surface area contributed by atoms with Gasteiger partial charge in [-0.1, -0.05) is 24.9 Å². The number of benzene rings is 1. The van der Waals surface area contributed by atoms with Crippen LogP contribution in [0, 0.1) is 0 Å². The molecule has 0 aromatic heterocycles. The van der Waals surface area contributed by atoms with Crippen LogP contribution in [0.2, 0.25) is 5.02 Å². The van der Waals surface area contributed by atoms with Crippen molar-refractivity contribution in [2.75, 3.05) is 13.6 Å². The summed E-state index contributed by atoms with van der Waals surface area (Å²) in [5.74, 6) is -1.04. The van der Waals surface area contributed by atoms with Crippen molar-refractivity contribution in [1.29, 1.82) is 0 Å². The van der Waals surface area contributed by atoms with Gasteiger partial charge < -0.3 is 10.2 Å². The summed E-state index contributed by atoms with van der Waals surface area (Å²) in [6.07, 6.45) is 1.89. The second-order valence-electron chi connectivity index (χ2n) is 4.28. The van der Waals surface area contributed by atoms with E-state index in [-0.39, 0.29) is 5.75 Å². The fourth-order valence-corrected chi connectivity index (χ4v) is 2.02. The molecule has 18 heavy (non-hydrogen) atoms. The largest absolute Gasteiger partial charge is 0.508 e. The Kier molecular flexibility index (Phi) is 5.44. The number of phenolic OH excluding ortho intramolecular Hbond substituents is 1. The van der Waals surface area contributed by atoms with Crippen LogP contribution < -0.4 is 0 Å². The molecule has 1 rings (SSSR count). The highest BCUT2D eigenvalue weighted by atomic mass is 35.5. The molecule has 0 radical (unpaired) electrons. The predicted octanol–water partition coefficient (Wildman–Crippen LogP) is 2.90. The van der Waals surface area contributed by atoms with Gasteiger partial charge in [0.15, 0.2) is 0 Å². The quantitative estimate of drug-likeness (QED) is 0.835. The monoisotopic (exact) mass is 271 g/mol. The van der Waals surface area contributed by atoms with Gasteiger partial charge in [-0.05, 0) is 38.2 Å². The van der Waals surface area contributed by atoms with Gasteiger partial charge in [-0.2, -0.15) is 0 Å². The van der Waals surface area contributed by atoms with Crippen LogP contribution in [-0.4, -0.2) is 34.7 Å². The van der Waals surface area contributed by atoms with Crippen molar-refractivity contribution in [2.24, 2.45) is 0 Å². The van der Waals surface area contributed by atoms with Gasteiger partial charge in [-0.3, -0.25) is 9.69 Å². The second-order valence-corrected chi connectivity index (χ2v) is 4.71. The molecular weight excluding hydrogens is 254 g/mol. The fraction of sp³-hybridized carbons (Fsp3) is 0.462. The van der Waals surface area contributed by atoms with Gasteiger partial charge in [-0.25, -0.2) is 0 Å². The molecule has 1 atom stereocenters. The lowest BCUT2D eigenvalue weighted by atomic mass is 10.0. The zero-order valence-electron chi connectivity index (χ0n) is 10.6. The summed E-state index contributed by atoms with van der Waals surface area (Å²) < 4.78 is 0. The number of hydrogen-bond donors (Lipinski definition) is 2. The van der Waals surface area contributed by atoms with Gasteiger partial charge in [0.05, 0.1) is 0 Å². The maximum atomic E-state index is 11.4. The highest BCUT2D eigenvalue weighted by Crippen LogP contribution is 2.30. The van der Waals surface area contributed by atoms with Crippen molar-refractivity contribution in [3.8, 4) is 5.75 Å². The van der Waals surface area contributed by atoms with Crippen LogP contribution in [0.4, 0.5) is 0 Å². The number of rotatable bonds is 6. The van der Waals surface area contributed by atoms with Crippen molar-refractivity contribution in [3.05, 3.63) is 28.8 Å². The maximum Gasteiger partial charge on any atom is 0.325 e. The zero-order chi connectivity index (χ0) is 13.7. The van der Waals surface area contributed by atoms with E-state index < -0.39 is 12.0 Å². The van der Waals surface area contributed by atoms with Crippen molar-refractivity contribution >= 4 is 17.6 Å². The van der Waals surface area contributed by atoms with Crippen molar-refractivity contribution in [3.63, 3.8) is 0 Å². The molecule has 1 aromatic carbocycles. The van der Waals surface area contributed by atoms with Gasteiger partial charge in [0.25, 0.3) is 0 Å². The van der Waals surface area contributed by atoms with Crippen LogP contribution in [-0.2, 0) is 4.79 Å². The predicted molar refractivity (Wildman–Crippen MR) is 71.0 cm³/mol. The number of aliphatic carboxylic acids is 1. The lowest BCUT2D eigenvalue weighted by Gasteiger charge is -2.25. The van der Waals surface area contributed by atoms with E-state index in [1.807, 2.05) is 6.92 Å². The average Bonchev–Trinajstić information content (AvgIpc) is 2.30. The van der Waals surface area contributed by atoms with Crippen LogP contribution in [0.3, 0.4) is 0 Å². The van der Waals surface area contributed by atoms with Crippen LogP contribution in [0.5, 0.6) is 5.75 Å². The molecule has 4 nitrogen and oxygen atoms in total. The molecular formula is C13H18ClNO3. The third-order valence-electron chi connectivity index (χ3n) is 2.82. The molecule has 100 valence electrons. The molecule has 1 aromatic rings. The highest BCUT2D eigenvalue weighted by molar-refractivity contribution is 6.30. The van der Waals surface area contributed by atoms with Crippen LogP contribution in [0.15, 0.2) is 18.2 Å². The number of hydrogen-bond acceptors (Lipinski definition) is 3. The van der Waals surface area contributed by atoms with Gasteiger partial charge in [0, 0.05) is 10.6 Å². The minimum atomic E-state index is -0.994. The highest BCUT2D eigenvalue weighted by Gasteiger charge is 2.27. The van der Waals surface area contributed by atoms with Crippen LogP contribution in [0.25, 0.3) is 0 Å². The molecule has 0 bridgehead atoms. The summed E-state index contributed by atoms with van der Waals surface area (Å²) in [5.41, 5.74) is 0.327. The zero-order valence-corrected chi connectivity index (χ0v) is 11.3. The fourth-order valence-electron chi connectivity index (χ4n) is 1.84. The minimum absolute atomic E-state index is 0.0462. The summed E-state index contributed by atoms with van der Waals surface area (Å²) >= 11 is 5.85. The number of halogens is 1. The lowest BCUT2D eigenvalue weighted by molar-refractivity contribution is -0.143. The third-order valence-corrected chi connectivity index (χ3v) is 3.06. The van der Waals surface area contributed by atoms with Crippen LogP contribution in [0.1, 0.15) is 31.4 Å². The van der Waals surface area contributed by atoms with E-state index in [9.17, 15) is 15.0 Å². The van der Waals surface area contributed by atoms with Gasteiger partial charge >= 0.3 is 5.97 Å². The number of carboxylic acid groups (broad SMARTS) is 1. The first kappa shape index (κ1) is 14.8. The summed E-state index contributed by atoms with van der Waals surface area (Å²) in [7, 11) is 1.73. The first-order valence-corrected chi connectivity index (χ1v) is 6.26. The van der Waals surface area contributed by atoms with E-state index in [1.165, 1.54) is 18.2 Å². The molecule has 0 aliphatic rings. The molecule has 0 fully saturated rings. The Labute approximate surface area is 112 Å². The van der Waals surface area contributed by atoms with E-state index in [0.29, 0.717) is 17.1 Å². The Bertz CT molecular complexity index is 423. The molecule has 0 saturated heterocycles. The molecule has 0 saturated carbocycles. The van der Waals surface area contributed by atoms with E-state index >= 15 is 0 Å². The Balaban J connectivity index is 3.04. The molecule has 2 N–H and O–H groups in total. The van der Waals surface area contributed by atoms with Gasteiger partial charge in [-0.15, -0.1) is 0 Å². The first-order valence-electron chi connectivity index (χ1n) is 5.88. The van der Waals surface area contributed by atoms with Gasteiger partial charge in [0.1, 0.15) is 11.8 Å². The van der Waals surface area contributed by atoms with E-state index in [0.717, 1.165) is 12.8 Å². The molecule has 1 unspecified atom stereocenters. The number of carboxylic acids is 1. The second kappa shape index (κ2) is 6.61. The Hall–Kier alpha value is -1.26. The number of aromatic hydroxyl groups is 1. The van der Waals surface area contributed by atoms with E-state index in [1.54, 1.807) is 11.9 Å². The topological polar surface area (TPSA) is 60.8 Å². The number of unbranched alkanes of at least 4 members (excludes halogenated alkanes) is 1. The number of phenols is 1. The normalized spacial score (nSPS) is 12.7. The molecule has 0 amide bonds. The molecule has 0 aliphatic heterocycles. The van der Waals surface area contributed by atoms with E-state index in [2.05, 4.69) is 0 Å². The lowest BCUT2D eigenvalue weighted by Crippen LogP contribution is -2.31. The molecule has 0 spiro atoms. The number of likely N-dealkylation sites (N-methyl/N-ethyl adjacent to an activating group) is 1. The van der Waals surface area contributed by atoms with Crippen molar-refractivity contribution in [1.82, 2.24) is 4.90 Å². The molecule has 5 heteroatoms. The Morgan fingerprint density at radius 1 is 1.50 bits per heavy atom. The minimum Gasteiger partial charge on any atom is -0.508 e. The number of nitrogens with zero attached hydrogens (tertiary/aromatic N) is 1. The third kappa shape index (κ3) is 3.62. The molecule has 0 heterocycles. The van der Waals surface area contributed by atoms with Crippen LogP contribution >= 0.6 is 11.6 Å². The summed E-state index contributed by atoms with van der Waals surface area (Å²) in [6.45, 7) is 2.69. The summed E-state index contributed by atoms with van der Waals surface area (Å²) in [4.78, 5) is 13.1. The van der Waals surface area contributed by atoms with Crippen molar-refractivity contribution in [2.45, 2.75) is 25.8 Å².